The summed E-state index contributed by atoms with van der Waals surface area (Å²) >= 11 is 0. The number of hydrogen-bond acceptors (Lipinski definition) is 3. The van der Waals surface area contributed by atoms with E-state index >= 15 is 0 Å². The third kappa shape index (κ3) is 2.94. The quantitative estimate of drug-likeness (QED) is 0.902. The van der Waals surface area contributed by atoms with Gasteiger partial charge in [0.1, 0.15) is 5.76 Å². The normalized spacial score (nSPS) is 17.9. The lowest BCUT2D eigenvalue weighted by Crippen LogP contribution is -2.24. The summed E-state index contributed by atoms with van der Waals surface area (Å²) in [6.07, 6.45) is 5.27. The van der Waals surface area contributed by atoms with Crippen molar-refractivity contribution < 1.29 is 9.15 Å². The number of hydrogen-bond donors (Lipinski definition) is 1. The second-order valence-corrected chi connectivity index (χ2v) is 5.37. The fourth-order valence-corrected chi connectivity index (χ4v) is 2.86. The van der Waals surface area contributed by atoms with Crippen molar-refractivity contribution in [1.29, 1.82) is 0 Å². The molecule has 0 saturated heterocycles. The highest BCUT2D eigenvalue weighted by Crippen LogP contribution is 2.30. The van der Waals surface area contributed by atoms with Crippen molar-refractivity contribution in [2.45, 2.75) is 38.5 Å². The van der Waals surface area contributed by atoms with Crippen LogP contribution >= 0.6 is 0 Å². The SMILES string of the molecule is COCc1ccc(CNC2CCCc3occc32)cc1. The Morgan fingerprint density at radius 2 is 2.00 bits per heavy atom. The van der Waals surface area contributed by atoms with Gasteiger partial charge >= 0.3 is 0 Å². The van der Waals surface area contributed by atoms with Crippen LogP contribution in [0.15, 0.2) is 41.0 Å². The van der Waals surface area contributed by atoms with Gasteiger partial charge in [-0.3, -0.25) is 0 Å². The van der Waals surface area contributed by atoms with Crippen LogP contribution in [0, 0.1) is 0 Å². The number of furan rings is 1. The second kappa shape index (κ2) is 6.25. The molecule has 0 saturated carbocycles. The lowest BCUT2D eigenvalue weighted by molar-refractivity contribution is 0.185. The molecule has 0 fully saturated rings. The van der Waals surface area contributed by atoms with Crippen molar-refractivity contribution in [2.24, 2.45) is 0 Å². The molecule has 0 amide bonds. The third-order valence-electron chi connectivity index (χ3n) is 3.94. The topological polar surface area (TPSA) is 34.4 Å². The largest absolute Gasteiger partial charge is 0.469 e. The minimum Gasteiger partial charge on any atom is -0.469 e. The minimum absolute atomic E-state index is 0.427. The molecule has 1 unspecified atom stereocenters. The summed E-state index contributed by atoms with van der Waals surface area (Å²) < 4.78 is 10.7. The lowest BCUT2D eigenvalue weighted by atomic mass is 9.93. The van der Waals surface area contributed by atoms with Gasteiger partial charge in [0.05, 0.1) is 12.9 Å². The van der Waals surface area contributed by atoms with E-state index in [1.165, 1.54) is 29.5 Å². The molecular weight excluding hydrogens is 250 g/mol. The van der Waals surface area contributed by atoms with Crippen LogP contribution in [0.4, 0.5) is 0 Å². The first-order valence-corrected chi connectivity index (χ1v) is 7.23. The molecule has 106 valence electrons. The minimum atomic E-state index is 0.427. The fraction of sp³-hybridized carbons (Fsp3) is 0.412. The van der Waals surface area contributed by atoms with Crippen LogP contribution in [0.1, 0.15) is 41.3 Å². The van der Waals surface area contributed by atoms with Gasteiger partial charge in [-0.05, 0) is 30.0 Å². The standard InChI is InChI=1S/C17H21NO2/c1-19-12-14-7-5-13(6-8-14)11-18-16-3-2-4-17-15(16)9-10-20-17/h5-10,16,18H,2-4,11-12H2,1H3. The Kier molecular flexibility index (Phi) is 4.19. The van der Waals surface area contributed by atoms with E-state index in [1.54, 1.807) is 7.11 Å². The zero-order chi connectivity index (χ0) is 13.8. The molecule has 1 heterocycles. The van der Waals surface area contributed by atoms with E-state index < -0.39 is 0 Å². The molecule has 20 heavy (non-hydrogen) atoms. The summed E-state index contributed by atoms with van der Waals surface area (Å²) in [5, 5.41) is 3.64. The van der Waals surface area contributed by atoms with Gasteiger partial charge in [0.25, 0.3) is 0 Å². The summed E-state index contributed by atoms with van der Waals surface area (Å²) in [5.41, 5.74) is 3.86. The number of benzene rings is 1. The molecule has 0 bridgehead atoms. The zero-order valence-corrected chi connectivity index (χ0v) is 11.9. The van der Waals surface area contributed by atoms with Crippen LogP contribution in [-0.4, -0.2) is 7.11 Å². The first-order chi connectivity index (χ1) is 9.86. The Labute approximate surface area is 119 Å². The van der Waals surface area contributed by atoms with Gasteiger partial charge in [-0.15, -0.1) is 0 Å². The highest BCUT2D eigenvalue weighted by atomic mass is 16.5. The molecule has 0 aliphatic heterocycles. The van der Waals surface area contributed by atoms with E-state index in [9.17, 15) is 0 Å². The van der Waals surface area contributed by atoms with Crippen molar-refractivity contribution in [3.63, 3.8) is 0 Å². The molecule has 3 heteroatoms. The fourth-order valence-electron chi connectivity index (χ4n) is 2.86. The zero-order valence-electron chi connectivity index (χ0n) is 11.9. The Balaban J connectivity index is 1.60. The van der Waals surface area contributed by atoms with Crippen LogP contribution in [-0.2, 0) is 24.3 Å². The van der Waals surface area contributed by atoms with E-state index in [-0.39, 0.29) is 0 Å². The molecule has 0 spiro atoms. The number of methoxy groups -OCH3 is 1. The van der Waals surface area contributed by atoms with Crippen LogP contribution in [0.5, 0.6) is 0 Å². The van der Waals surface area contributed by atoms with Crippen LogP contribution in [0.3, 0.4) is 0 Å². The van der Waals surface area contributed by atoms with Gasteiger partial charge in [0.2, 0.25) is 0 Å². The molecule has 1 aliphatic carbocycles. The Morgan fingerprint density at radius 1 is 1.20 bits per heavy atom. The smallest absolute Gasteiger partial charge is 0.108 e. The van der Waals surface area contributed by atoms with Crippen LogP contribution in [0.25, 0.3) is 0 Å². The Hall–Kier alpha value is -1.58. The maximum Gasteiger partial charge on any atom is 0.108 e. The predicted octanol–water partition coefficient (Wildman–Crippen LogP) is 3.59. The molecule has 2 aromatic rings. The van der Waals surface area contributed by atoms with E-state index in [1.807, 2.05) is 6.26 Å². The molecule has 3 nitrogen and oxygen atoms in total. The van der Waals surface area contributed by atoms with Crippen molar-refractivity contribution in [3.05, 3.63) is 59.0 Å². The third-order valence-corrected chi connectivity index (χ3v) is 3.94. The molecular formula is C17H21NO2. The number of fused-ring (bicyclic) bond motifs is 1. The Bertz CT molecular complexity index is 544. The summed E-state index contributed by atoms with van der Waals surface area (Å²) in [6.45, 7) is 1.57. The van der Waals surface area contributed by atoms with E-state index in [4.69, 9.17) is 9.15 Å². The van der Waals surface area contributed by atoms with Crippen LogP contribution < -0.4 is 5.32 Å². The van der Waals surface area contributed by atoms with Gasteiger partial charge in [0.15, 0.2) is 0 Å². The number of aryl methyl sites for hydroxylation is 1. The Morgan fingerprint density at radius 3 is 2.80 bits per heavy atom. The number of rotatable bonds is 5. The number of nitrogens with one attached hydrogen (secondary N) is 1. The van der Waals surface area contributed by atoms with Crippen molar-refractivity contribution in [1.82, 2.24) is 5.32 Å². The molecule has 0 radical (unpaired) electrons. The molecule has 1 atom stereocenters. The average molecular weight is 271 g/mol. The van der Waals surface area contributed by atoms with E-state index in [2.05, 4.69) is 35.6 Å². The van der Waals surface area contributed by atoms with Gasteiger partial charge in [0, 0.05) is 31.7 Å². The average Bonchev–Trinajstić information content (AvgIpc) is 2.96. The summed E-state index contributed by atoms with van der Waals surface area (Å²) in [4.78, 5) is 0. The van der Waals surface area contributed by atoms with Crippen molar-refractivity contribution >= 4 is 0 Å². The number of ether oxygens (including phenoxy) is 1. The second-order valence-electron chi connectivity index (χ2n) is 5.37. The highest BCUT2D eigenvalue weighted by Gasteiger charge is 2.21. The first-order valence-electron chi connectivity index (χ1n) is 7.23. The monoisotopic (exact) mass is 271 g/mol. The first kappa shape index (κ1) is 13.4. The van der Waals surface area contributed by atoms with E-state index in [0.717, 1.165) is 18.7 Å². The molecule has 1 aromatic carbocycles. The van der Waals surface area contributed by atoms with Crippen molar-refractivity contribution in [2.75, 3.05) is 7.11 Å². The summed E-state index contributed by atoms with van der Waals surface area (Å²) in [5.74, 6) is 1.16. The summed E-state index contributed by atoms with van der Waals surface area (Å²) in [6, 6.07) is 11.1. The van der Waals surface area contributed by atoms with E-state index in [0.29, 0.717) is 12.6 Å². The maximum atomic E-state index is 5.53. The summed E-state index contributed by atoms with van der Waals surface area (Å²) in [7, 11) is 1.72. The van der Waals surface area contributed by atoms with Gasteiger partial charge in [-0.25, -0.2) is 0 Å². The molecule has 3 rings (SSSR count). The predicted molar refractivity (Wildman–Crippen MR) is 78.4 cm³/mol. The maximum absolute atomic E-state index is 5.53. The molecule has 1 aliphatic rings. The van der Waals surface area contributed by atoms with Crippen molar-refractivity contribution in [3.8, 4) is 0 Å². The van der Waals surface area contributed by atoms with Gasteiger partial charge < -0.3 is 14.5 Å². The van der Waals surface area contributed by atoms with Gasteiger partial charge in [-0.2, -0.15) is 0 Å². The van der Waals surface area contributed by atoms with Crippen LogP contribution in [0.2, 0.25) is 0 Å². The molecule has 1 aromatic heterocycles. The highest BCUT2D eigenvalue weighted by molar-refractivity contribution is 5.25. The lowest BCUT2D eigenvalue weighted by Gasteiger charge is -2.22. The van der Waals surface area contributed by atoms with Gasteiger partial charge in [-0.1, -0.05) is 24.3 Å². The molecule has 1 N–H and O–H groups in total.